The van der Waals surface area contributed by atoms with Crippen molar-refractivity contribution in [2.75, 3.05) is 19.6 Å². The quantitative estimate of drug-likeness (QED) is 0.655. The lowest BCUT2D eigenvalue weighted by molar-refractivity contribution is -0.137. The van der Waals surface area contributed by atoms with Crippen LogP contribution in [-0.4, -0.2) is 56.6 Å². The number of rotatable bonds is 8. The second-order valence-corrected chi connectivity index (χ2v) is 3.98. The van der Waals surface area contributed by atoms with Crippen molar-refractivity contribution in [1.82, 2.24) is 25.2 Å². The van der Waals surface area contributed by atoms with Gasteiger partial charge in [-0.05, 0) is 13.3 Å². The summed E-state index contributed by atoms with van der Waals surface area (Å²) in [6.07, 6.45) is 4.06. The van der Waals surface area contributed by atoms with Gasteiger partial charge in [-0.25, -0.2) is 4.79 Å². The molecule has 0 saturated heterocycles. The average Bonchev–Trinajstić information content (AvgIpc) is 2.88. The molecule has 8 nitrogen and oxygen atoms in total. The molecule has 0 aromatic carbocycles. The zero-order valence-electron chi connectivity index (χ0n) is 10.9. The monoisotopic (exact) mass is 269 g/mol. The molecule has 0 spiro atoms. The van der Waals surface area contributed by atoms with Crippen molar-refractivity contribution >= 4 is 12.0 Å². The van der Waals surface area contributed by atoms with E-state index in [1.807, 2.05) is 6.92 Å². The molecule has 106 valence electrons. The molecule has 0 fully saturated rings. The Kier molecular flexibility index (Phi) is 6.34. The minimum absolute atomic E-state index is 0.0415. The van der Waals surface area contributed by atoms with Crippen LogP contribution in [0, 0.1) is 0 Å². The maximum Gasteiger partial charge on any atom is 0.317 e. The molecule has 0 unspecified atom stereocenters. The van der Waals surface area contributed by atoms with Crippen LogP contribution in [0.3, 0.4) is 0 Å². The van der Waals surface area contributed by atoms with E-state index >= 15 is 0 Å². The summed E-state index contributed by atoms with van der Waals surface area (Å²) in [7, 11) is 0. The maximum absolute atomic E-state index is 11.7. The van der Waals surface area contributed by atoms with Gasteiger partial charge in [-0.1, -0.05) is 5.21 Å². The summed E-state index contributed by atoms with van der Waals surface area (Å²) in [6.45, 7) is 3.73. The van der Waals surface area contributed by atoms with Crippen LogP contribution in [0.25, 0.3) is 0 Å². The predicted molar refractivity (Wildman–Crippen MR) is 67.5 cm³/mol. The first-order valence-corrected chi connectivity index (χ1v) is 6.22. The van der Waals surface area contributed by atoms with E-state index in [-0.39, 0.29) is 19.0 Å². The Labute approximate surface area is 111 Å². The van der Waals surface area contributed by atoms with Crippen molar-refractivity contribution in [2.24, 2.45) is 0 Å². The second kappa shape index (κ2) is 8.06. The molecule has 0 atom stereocenters. The molecule has 0 aliphatic heterocycles. The van der Waals surface area contributed by atoms with Gasteiger partial charge < -0.3 is 15.3 Å². The first-order valence-electron chi connectivity index (χ1n) is 6.22. The highest BCUT2D eigenvalue weighted by Crippen LogP contribution is 1.93. The maximum atomic E-state index is 11.7. The van der Waals surface area contributed by atoms with Crippen LogP contribution in [0.2, 0.25) is 0 Å². The Bertz CT molecular complexity index is 393. The van der Waals surface area contributed by atoms with Crippen molar-refractivity contribution in [2.45, 2.75) is 26.3 Å². The number of carbonyl (C=O) groups excluding carboxylic acids is 1. The summed E-state index contributed by atoms with van der Waals surface area (Å²) < 4.78 is 1.69. The Morgan fingerprint density at radius 3 is 2.84 bits per heavy atom. The molecule has 0 aliphatic rings. The van der Waals surface area contributed by atoms with Gasteiger partial charge >= 0.3 is 12.0 Å². The molecule has 0 saturated carbocycles. The first kappa shape index (κ1) is 14.9. The standard InChI is InChI=1S/C11H19N5O3/c1-2-15(8-4-10(17)18)11(19)12-5-3-7-16-9-6-13-14-16/h6,9H,2-5,7-8H2,1H3,(H,12,19)(H,17,18). The smallest absolute Gasteiger partial charge is 0.317 e. The number of urea groups is 1. The fraction of sp³-hybridized carbons (Fsp3) is 0.636. The van der Waals surface area contributed by atoms with Crippen molar-refractivity contribution < 1.29 is 14.7 Å². The van der Waals surface area contributed by atoms with Gasteiger partial charge in [0, 0.05) is 32.4 Å². The molecular weight excluding hydrogens is 250 g/mol. The Morgan fingerprint density at radius 1 is 1.47 bits per heavy atom. The lowest BCUT2D eigenvalue weighted by atomic mass is 10.4. The van der Waals surface area contributed by atoms with E-state index in [1.54, 1.807) is 17.1 Å². The van der Waals surface area contributed by atoms with Gasteiger partial charge in [-0.3, -0.25) is 9.48 Å². The fourth-order valence-electron chi connectivity index (χ4n) is 1.53. The molecular formula is C11H19N5O3. The number of aromatic nitrogens is 3. The lowest BCUT2D eigenvalue weighted by Crippen LogP contribution is -2.41. The van der Waals surface area contributed by atoms with E-state index in [0.717, 1.165) is 6.42 Å². The number of aliphatic carboxylic acids is 1. The van der Waals surface area contributed by atoms with E-state index in [2.05, 4.69) is 15.6 Å². The molecule has 1 aromatic rings. The van der Waals surface area contributed by atoms with Crippen LogP contribution < -0.4 is 5.32 Å². The van der Waals surface area contributed by atoms with E-state index in [9.17, 15) is 9.59 Å². The number of nitrogens with one attached hydrogen (secondary N) is 1. The van der Waals surface area contributed by atoms with Gasteiger partial charge in [0.2, 0.25) is 0 Å². The third-order valence-electron chi connectivity index (χ3n) is 2.58. The minimum Gasteiger partial charge on any atom is -0.481 e. The molecule has 19 heavy (non-hydrogen) atoms. The van der Waals surface area contributed by atoms with Crippen LogP contribution in [0.5, 0.6) is 0 Å². The Balaban J connectivity index is 2.19. The highest BCUT2D eigenvalue weighted by Gasteiger charge is 2.11. The summed E-state index contributed by atoms with van der Waals surface area (Å²) >= 11 is 0. The SMILES string of the molecule is CCN(CCC(=O)O)C(=O)NCCCn1ccnn1. The number of amides is 2. The summed E-state index contributed by atoms with van der Waals surface area (Å²) in [5.74, 6) is -0.905. The van der Waals surface area contributed by atoms with E-state index in [0.29, 0.717) is 19.6 Å². The zero-order chi connectivity index (χ0) is 14.1. The lowest BCUT2D eigenvalue weighted by Gasteiger charge is -2.20. The molecule has 2 N–H and O–H groups in total. The summed E-state index contributed by atoms with van der Waals surface area (Å²) in [5.41, 5.74) is 0. The van der Waals surface area contributed by atoms with E-state index in [1.165, 1.54) is 4.90 Å². The highest BCUT2D eigenvalue weighted by atomic mass is 16.4. The normalized spacial score (nSPS) is 10.2. The largest absolute Gasteiger partial charge is 0.481 e. The van der Waals surface area contributed by atoms with Crippen molar-refractivity contribution in [3.05, 3.63) is 12.4 Å². The predicted octanol–water partition coefficient (Wildman–Crippen LogP) is 0.174. The van der Waals surface area contributed by atoms with Crippen LogP contribution in [0.4, 0.5) is 4.79 Å². The topological polar surface area (TPSA) is 100 Å². The molecule has 0 bridgehead atoms. The van der Waals surface area contributed by atoms with E-state index < -0.39 is 5.97 Å². The van der Waals surface area contributed by atoms with Crippen LogP contribution >= 0.6 is 0 Å². The number of carbonyl (C=O) groups is 2. The zero-order valence-corrected chi connectivity index (χ0v) is 10.9. The number of hydrogen-bond donors (Lipinski definition) is 2. The summed E-state index contributed by atoms with van der Waals surface area (Å²) in [6, 6.07) is -0.234. The first-order chi connectivity index (χ1) is 9.13. The van der Waals surface area contributed by atoms with Gasteiger partial charge in [0.05, 0.1) is 12.6 Å². The number of nitrogens with zero attached hydrogens (tertiary/aromatic N) is 4. The Morgan fingerprint density at radius 2 is 2.26 bits per heavy atom. The summed E-state index contributed by atoms with van der Waals surface area (Å²) in [4.78, 5) is 23.7. The molecule has 1 heterocycles. The van der Waals surface area contributed by atoms with Crippen LogP contribution in [0.15, 0.2) is 12.4 Å². The molecule has 8 heteroatoms. The molecule has 0 radical (unpaired) electrons. The Hall–Kier alpha value is -2.12. The molecule has 1 rings (SSSR count). The van der Waals surface area contributed by atoms with Crippen molar-refractivity contribution in [1.29, 1.82) is 0 Å². The average molecular weight is 269 g/mol. The van der Waals surface area contributed by atoms with Gasteiger partial charge in [0.15, 0.2) is 0 Å². The van der Waals surface area contributed by atoms with Gasteiger partial charge in [-0.2, -0.15) is 0 Å². The minimum atomic E-state index is -0.905. The fourth-order valence-corrected chi connectivity index (χ4v) is 1.53. The van der Waals surface area contributed by atoms with Crippen molar-refractivity contribution in [3.63, 3.8) is 0 Å². The number of aryl methyl sites for hydroxylation is 1. The molecule has 2 amide bonds. The van der Waals surface area contributed by atoms with E-state index in [4.69, 9.17) is 5.11 Å². The summed E-state index contributed by atoms with van der Waals surface area (Å²) in [5, 5.41) is 18.8. The highest BCUT2D eigenvalue weighted by molar-refractivity contribution is 5.75. The number of carboxylic acids is 1. The van der Waals surface area contributed by atoms with Crippen LogP contribution in [-0.2, 0) is 11.3 Å². The van der Waals surface area contributed by atoms with Crippen molar-refractivity contribution in [3.8, 4) is 0 Å². The second-order valence-electron chi connectivity index (χ2n) is 3.98. The van der Waals surface area contributed by atoms with Gasteiger partial charge in [0.1, 0.15) is 0 Å². The third kappa shape index (κ3) is 5.84. The van der Waals surface area contributed by atoms with Gasteiger partial charge in [-0.15, -0.1) is 5.10 Å². The third-order valence-corrected chi connectivity index (χ3v) is 2.58. The van der Waals surface area contributed by atoms with Crippen LogP contribution in [0.1, 0.15) is 19.8 Å². The number of hydrogen-bond acceptors (Lipinski definition) is 4. The number of carboxylic acid groups (broad SMARTS) is 1. The molecule has 0 aliphatic carbocycles. The molecule has 1 aromatic heterocycles. The van der Waals surface area contributed by atoms with Gasteiger partial charge in [0.25, 0.3) is 0 Å².